The van der Waals surface area contributed by atoms with Crippen LogP contribution in [0.5, 0.6) is 0 Å². The number of hydrogen-bond donors (Lipinski definition) is 1. The van der Waals surface area contributed by atoms with Crippen molar-refractivity contribution in [2.75, 3.05) is 0 Å². The molecule has 1 aliphatic heterocycles. The summed E-state index contributed by atoms with van der Waals surface area (Å²) >= 11 is 0. The molecule has 1 aromatic carbocycles. The summed E-state index contributed by atoms with van der Waals surface area (Å²) in [7, 11) is 0. The molecule has 2 nitrogen and oxygen atoms in total. The van der Waals surface area contributed by atoms with Crippen LogP contribution in [0.3, 0.4) is 0 Å². The molecule has 13 heavy (non-hydrogen) atoms. The molecule has 0 radical (unpaired) electrons. The molecule has 0 bridgehead atoms. The van der Waals surface area contributed by atoms with Gasteiger partial charge in [-0.25, -0.2) is 0 Å². The quantitative estimate of drug-likeness (QED) is 0.644. The lowest BCUT2D eigenvalue weighted by Crippen LogP contribution is -2.11. The molecular formula is C11H13NO. The molecule has 0 aromatic heterocycles. The van der Waals surface area contributed by atoms with Gasteiger partial charge in [-0.2, -0.15) is 0 Å². The Hall–Kier alpha value is -1.57. The molecule has 0 saturated carbocycles. The van der Waals surface area contributed by atoms with Crippen LogP contribution in [0.25, 0.3) is 5.70 Å². The number of carbonyl (C=O) groups excluding carboxylic acids is 1. The number of hydrogen-bond acceptors (Lipinski definition) is 1. The van der Waals surface area contributed by atoms with Gasteiger partial charge >= 0.3 is 0 Å². The fraction of sp³-hybridized carbons (Fsp3) is 0.182. The second-order valence-corrected chi connectivity index (χ2v) is 2.48. The minimum atomic E-state index is -0.0504. The van der Waals surface area contributed by atoms with E-state index in [1.165, 1.54) is 0 Å². The van der Waals surface area contributed by atoms with Gasteiger partial charge in [0.25, 0.3) is 5.91 Å². The van der Waals surface area contributed by atoms with Crippen LogP contribution < -0.4 is 5.32 Å². The van der Waals surface area contributed by atoms with Gasteiger partial charge in [-0.1, -0.05) is 38.6 Å². The number of rotatable bonds is 0. The number of nitrogens with one attached hydrogen (secondary N) is 1. The van der Waals surface area contributed by atoms with Gasteiger partial charge in [0.1, 0.15) is 0 Å². The van der Waals surface area contributed by atoms with Crippen LogP contribution in [-0.4, -0.2) is 5.91 Å². The zero-order valence-electron chi connectivity index (χ0n) is 7.92. The SMILES string of the molecule is C=C1NC(=O)c2ccccc21.CC. The topological polar surface area (TPSA) is 29.1 Å². The summed E-state index contributed by atoms with van der Waals surface area (Å²) in [4.78, 5) is 11.1. The Morgan fingerprint density at radius 3 is 2.23 bits per heavy atom. The molecule has 1 heterocycles. The number of amides is 1. The van der Waals surface area contributed by atoms with Crippen molar-refractivity contribution in [1.82, 2.24) is 5.32 Å². The van der Waals surface area contributed by atoms with Crippen molar-refractivity contribution in [2.24, 2.45) is 0 Å². The Labute approximate surface area is 78.3 Å². The normalized spacial score (nSPS) is 12.8. The second kappa shape index (κ2) is 3.90. The van der Waals surface area contributed by atoms with Gasteiger partial charge in [0, 0.05) is 16.8 Å². The van der Waals surface area contributed by atoms with Crippen molar-refractivity contribution in [2.45, 2.75) is 13.8 Å². The minimum absolute atomic E-state index is 0.0504. The lowest BCUT2D eigenvalue weighted by molar-refractivity contribution is 0.0981. The largest absolute Gasteiger partial charge is 0.322 e. The van der Waals surface area contributed by atoms with E-state index in [1.807, 2.05) is 32.0 Å². The van der Waals surface area contributed by atoms with E-state index in [4.69, 9.17) is 0 Å². The first-order valence-electron chi connectivity index (χ1n) is 4.39. The Balaban J connectivity index is 0.000000396. The van der Waals surface area contributed by atoms with E-state index >= 15 is 0 Å². The summed E-state index contributed by atoms with van der Waals surface area (Å²) in [6.07, 6.45) is 0. The molecule has 1 amide bonds. The van der Waals surface area contributed by atoms with Crippen LogP contribution in [0, 0.1) is 0 Å². The summed E-state index contributed by atoms with van der Waals surface area (Å²) < 4.78 is 0. The summed E-state index contributed by atoms with van der Waals surface area (Å²) in [6, 6.07) is 7.42. The van der Waals surface area contributed by atoms with Crippen molar-refractivity contribution in [3.05, 3.63) is 42.0 Å². The highest BCUT2D eigenvalue weighted by Gasteiger charge is 2.20. The Morgan fingerprint density at radius 1 is 1.15 bits per heavy atom. The van der Waals surface area contributed by atoms with Crippen molar-refractivity contribution in [1.29, 1.82) is 0 Å². The van der Waals surface area contributed by atoms with E-state index in [1.54, 1.807) is 6.07 Å². The number of benzene rings is 1. The minimum Gasteiger partial charge on any atom is -0.322 e. The van der Waals surface area contributed by atoms with Crippen molar-refractivity contribution >= 4 is 11.6 Å². The molecule has 0 atom stereocenters. The lowest BCUT2D eigenvalue weighted by atomic mass is 10.1. The molecule has 1 N–H and O–H groups in total. The van der Waals surface area contributed by atoms with E-state index in [0.29, 0.717) is 5.70 Å². The van der Waals surface area contributed by atoms with Crippen LogP contribution >= 0.6 is 0 Å². The summed E-state index contributed by atoms with van der Waals surface area (Å²) in [5.41, 5.74) is 2.33. The highest BCUT2D eigenvalue weighted by molar-refractivity contribution is 6.08. The molecule has 0 unspecified atom stereocenters. The Bertz CT molecular complexity index is 309. The van der Waals surface area contributed by atoms with Gasteiger partial charge in [-0.3, -0.25) is 4.79 Å². The Morgan fingerprint density at radius 2 is 1.69 bits per heavy atom. The molecule has 0 saturated heterocycles. The molecule has 68 valence electrons. The van der Waals surface area contributed by atoms with Gasteiger partial charge in [-0.05, 0) is 6.07 Å². The third kappa shape index (κ3) is 1.61. The van der Waals surface area contributed by atoms with Crippen molar-refractivity contribution in [3.8, 4) is 0 Å². The fourth-order valence-corrected chi connectivity index (χ4v) is 1.22. The van der Waals surface area contributed by atoms with E-state index in [9.17, 15) is 4.79 Å². The first-order chi connectivity index (χ1) is 6.29. The van der Waals surface area contributed by atoms with E-state index in [2.05, 4.69) is 11.9 Å². The molecule has 0 fully saturated rings. The molecule has 0 aliphatic carbocycles. The van der Waals surface area contributed by atoms with Gasteiger partial charge in [0.15, 0.2) is 0 Å². The monoisotopic (exact) mass is 175 g/mol. The highest BCUT2D eigenvalue weighted by atomic mass is 16.1. The van der Waals surface area contributed by atoms with Gasteiger partial charge in [-0.15, -0.1) is 0 Å². The van der Waals surface area contributed by atoms with Crippen LogP contribution in [0.4, 0.5) is 0 Å². The number of fused-ring (bicyclic) bond motifs is 1. The zero-order valence-corrected chi connectivity index (χ0v) is 7.92. The van der Waals surface area contributed by atoms with Crippen molar-refractivity contribution < 1.29 is 4.79 Å². The fourth-order valence-electron chi connectivity index (χ4n) is 1.22. The molecule has 1 aromatic rings. The van der Waals surface area contributed by atoms with Gasteiger partial charge < -0.3 is 5.32 Å². The number of carbonyl (C=O) groups is 1. The van der Waals surface area contributed by atoms with Gasteiger partial charge in [0.2, 0.25) is 0 Å². The van der Waals surface area contributed by atoms with Crippen LogP contribution in [0.1, 0.15) is 29.8 Å². The molecule has 2 heteroatoms. The average Bonchev–Trinajstić information content (AvgIpc) is 2.47. The van der Waals surface area contributed by atoms with Crippen LogP contribution in [-0.2, 0) is 0 Å². The molecular weight excluding hydrogens is 162 g/mol. The maximum absolute atomic E-state index is 11.1. The standard InChI is InChI=1S/C9H7NO.C2H6/c1-6-7-4-2-3-5-8(7)9(11)10-6;1-2/h2-5H,1H2,(H,10,11);1-2H3. The third-order valence-electron chi connectivity index (χ3n) is 1.76. The van der Waals surface area contributed by atoms with Crippen molar-refractivity contribution in [3.63, 3.8) is 0 Å². The smallest absolute Gasteiger partial charge is 0.256 e. The summed E-state index contributed by atoms with van der Waals surface area (Å²) in [5, 5.41) is 2.65. The predicted octanol–water partition coefficient (Wildman–Crippen LogP) is 2.43. The maximum atomic E-state index is 11.1. The first-order valence-corrected chi connectivity index (χ1v) is 4.39. The lowest BCUT2D eigenvalue weighted by Gasteiger charge is -1.92. The molecule has 1 aliphatic rings. The summed E-state index contributed by atoms with van der Waals surface area (Å²) in [6.45, 7) is 7.71. The first kappa shape index (κ1) is 9.52. The van der Waals surface area contributed by atoms with Gasteiger partial charge in [0.05, 0.1) is 0 Å². The van der Waals surface area contributed by atoms with E-state index in [0.717, 1.165) is 11.1 Å². The van der Waals surface area contributed by atoms with Crippen LogP contribution in [0.2, 0.25) is 0 Å². The third-order valence-corrected chi connectivity index (χ3v) is 1.76. The van der Waals surface area contributed by atoms with E-state index < -0.39 is 0 Å². The predicted molar refractivity (Wildman–Crippen MR) is 54.3 cm³/mol. The molecule has 0 spiro atoms. The average molecular weight is 175 g/mol. The molecule has 2 rings (SSSR count). The zero-order chi connectivity index (χ0) is 9.84. The van der Waals surface area contributed by atoms with Crippen LogP contribution in [0.15, 0.2) is 30.8 Å². The second-order valence-electron chi connectivity index (χ2n) is 2.48. The van der Waals surface area contributed by atoms with E-state index in [-0.39, 0.29) is 5.91 Å². The maximum Gasteiger partial charge on any atom is 0.256 e. The highest BCUT2D eigenvalue weighted by Crippen LogP contribution is 2.21. The Kier molecular flexibility index (Phi) is 2.85. The summed E-state index contributed by atoms with van der Waals surface area (Å²) in [5.74, 6) is -0.0504.